The molecular weight excluding hydrogens is 428 g/mol. The maximum absolute atomic E-state index is 13.6. The van der Waals surface area contributed by atoms with Crippen LogP contribution in [0, 0.1) is 5.82 Å². The van der Waals surface area contributed by atoms with Gasteiger partial charge in [0.2, 0.25) is 0 Å². The number of nitrogens with one attached hydrogen (secondary N) is 1. The molecule has 0 aliphatic carbocycles. The van der Waals surface area contributed by atoms with E-state index in [0.29, 0.717) is 21.8 Å². The second-order valence-corrected chi connectivity index (χ2v) is 7.41. The summed E-state index contributed by atoms with van der Waals surface area (Å²) in [5, 5.41) is 3.51. The zero-order valence-corrected chi connectivity index (χ0v) is 16.9. The largest absolute Gasteiger partial charge is 0.350 e. The van der Waals surface area contributed by atoms with Gasteiger partial charge in [-0.3, -0.25) is 19.5 Å². The molecule has 0 spiro atoms. The van der Waals surface area contributed by atoms with Crippen molar-refractivity contribution in [2.45, 2.75) is 6.54 Å². The number of carbonyl (C=O) groups is 2. The molecule has 0 bridgehead atoms. The van der Waals surface area contributed by atoms with Crippen molar-refractivity contribution in [2.75, 3.05) is 5.32 Å². The summed E-state index contributed by atoms with van der Waals surface area (Å²) in [6.45, 7) is 0.0363. The Balaban J connectivity index is 1.79. The normalized spacial score (nSPS) is 13.9. The molecule has 30 heavy (non-hydrogen) atoms. The molecule has 0 unspecified atom stereocenters. The Labute approximate surface area is 181 Å². The highest BCUT2D eigenvalue weighted by atomic mass is 35.5. The third-order valence-electron chi connectivity index (χ3n) is 4.53. The number of hydrogen-bond donors (Lipinski definition) is 1. The summed E-state index contributed by atoms with van der Waals surface area (Å²) in [6.07, 6.45) is 3.18. The molecular formula is C22H14Cl2FN3O2. The lowest BCUT2D eigenvalue weighted by atomic mass is 10.0. The number of rotatable bonds is 5. The molecule has 150 valence electrons. The number of amides is 2. The van der Waals surface area contributed by atoms with E-state index in [1.165, 1.54) is 24.3 Å². The summed E-state index contributed by atoms with van der Waals surface area (Å²) in [5.41, 5.74) is 1.48. The second kappa shape index (κ2) is 8.26. The van der Waals surface area contributed by atoms with E-state index in [4.69, 9.17) is 23.2 Å². The van der Waals surface area contributed by atoms with Crippen molar-refractivity contribution in [3.05, 3.63) is 99.7 Å². The summed E-state index contributed by atoms with van der Waals surface area (Å²) >= 11 is 12.3. The number of anilines is 1. The number of carbonyl (C=O) groups excluding carboxylic acids is 2. The minimum absolute atomic E-state index is 0.0127. The summed E-state index contributed by atoms with van der Waals surface area (Å²) < 4.78 is 13.6. The molecule has 5 nitrogen and oxygen atoms in total. The Kier molecular flexibility index (Phi) is 5.53. The molecule has 1 aromatic heterocycles. The van der Waals surface area contributed by atoms with E-state index < -0.39 is 17.6 Å². The van der Waals surface area contributed by atoms with Crippen LogP contribution in [0.3, 0.4) is 0 Å². The molecule has 3 aromatic rings. The summed E-state index contributed by atoms with van der Waals surface area (Å²) in [7, 11) is 0. The van der Waals surface area contributed by atoms with Crippen LogP contribution in [-0.4, -0.2) is 21.7 Å². The van der Waals surface area contributed by atoms with Gasteiger partial charge in [0.1, 0.15) is 11.5 Å². The predicted molar refractivity (Wildman–Crippen MR) is 113 cm³/mol. The van der Waals surface area contributed by atoms with Crippen molar-refractivity contribution in [1.82, 2.24) is 9.88 Å². The van der Waals surface area contributed by atoms with E-state index in [1.54, 1.807) is 42.7 Å². The Morgan fingerprint density at radius 1 is 1.00 bits per heavy atom. The average molecular weight is 442 g/mol. The van der Waals surface area contributed by atoms with Gasteiger partial charge in [0.15, 0.2) is 0 Å². The van der Waals surface area contributed by atoms with Gasteiger partial charge in [-0.15, -0.1) is 0 Å². The van der Waals surface area contributed by atoms with Crippen molar-refractivity contribution in [2.24, 2.45) is 0 Å². The fourth-order valence-corrected chi connectivity index (χ4v) is 3.67. The van der Waals surface area contributed by atoms with E-state index in [-0.39, 0.29) is 22.8 Å². The van der Waals surface area contributed by atoms with Crippen LogP contribution in [0.25, 0.3) is 5.57 Å². The highest BCUT2D eigenvalue weighted by Gasteiger charge is 2.40. The Bertz CT molecular complexity index is 1180. The minimum Gasteiger partial charge on any atom is -0.350 e. The van der Waals surface area contributed by atoms with E-state index in [0.717, 1.165) is 4.90 Å². The van der Waals surface area contributed by atoms with Crippen LogP contribution in [-0.2, 0) is 16.1 Å². The third-order valence-corrected chi connectivity index (χ3v) is 5.07. The quantitative estimate of drug-likeness (QED) is 0.570. The van der Waals surface area contributed by atoms with Gasteiger partial charge in [-0.2, -0.15) is 0 Å². The zero-order valence-electron chi connectivity index (χ0n) is 15.4. The van der Waals surface area contributed by atoms with Gasteiger partial charge in [-0.05, 0) is 42.0 Å². The zero-order chi connectivity index (χ0) is 21.3. The van der Waals surface area contributed by atoms with E-state index in [1.807, 2.05) is 0 Å². The molecule has 1 aliphatic rings. The van der Waals surface area contributed by atoms with Crippen LogP contribution in [0.5, 0.6) is 0 Å². The summed E-state index contributed by atoms with van der Waals surface area (Å²) in [4.78, 5) is 31.5. The molecule has 0 radical (unpaired) electrons. The number of benzene rings is 2. The lowest BCUT2D eigenvalue weighted by Gasteiger charge is -2.15. The molecule has 8 heteroatoms. The first-order valence-electron chi connectivity index (χ1n) is 8.91. The highest BCUT2D eigenvalue weighted by Crippen LogP contribution is 2.36. The fourth-order valence-electron chi connectivity index (χ4n) is 3.16. The second-order valence-electron chi connectivity index (χ2n) is 6.57. The van der Waals surface area contributed by atoms with Crippen LogP contribution in [0.15, 0.2) is 72.7 Å². The van der Waals surface area contributed by atoms with Crippen molar-refractivity contribution < 1.29 is 14.0 Å². The number of hydrogen-bond acceptors (Lipinski definition) is 4. The van der Waals surface area contributed by atoms with Crippen molar-refractivity contribution in [1.29, 1.82) is 0 Å². The maximum Gasteiger partial charge on any atom is 0.278 e. The monoisotopic (exact) mass is 441 g/mol. The lowest BCUT2D eigenvalue weighted by Crippen LogP contribution is -2.32. The minimum atomic E-state index is -0.547. The van der Waals surface area contributed by atoms with Crippen molar-refractivity contribution in [3.8, 4) is 0 Å². The summed E-state index contributed by atoms with van der Waals surface area (Å²) in [5.74, 6) is -1.54. The van der Waals surface area contributed by atoms with E-state index in [9.17, 15) is 14.0 Å². The molecule has 0 fully saturated rings. The Morgan fingerprint density at radius 3 is 2.53 bits per heavy atom. The maximum atomic E-state index is 13.6. The van der Waals surface area contributed by atoms with E-state index in [2.05, 4.69) is 10.3 Å². The molecule has 0 atom stereocenters. The molecule has 0 saturated heterocycles. The number of imide groups is 1. The van der Waals surface area contributed by atoms with Crippen molar-refractivity contribution in [3.63, 3.8) is 0 Å². The Hall–Kier alpha value is -3.22. The molecule has 1 aliphatic heterocycles. The van der Waals surface area contributed by atoms with Gasteiger partial charge in [-0.1, -0.05) is 41.4 Å². The van der Waals surface area contributed by atoms with Gasteiger partial charge in [-0.25, -0.2) is 4.39 Å². The highest BCUT2D eigenvalue weighted by molar-refractivity contribution is 6.41. The fraction of sp³-hybridized carbons (Fsp3) is 0.0455. The van der Waals surface area contributed by atoms with Crippen LogP contribution in [0.1, 0.15) is 11.1 Å². The first-order valence-corrected chi connectivity index (χ1v) is 9.67. The summed E-state index contributed by atoms with van der Waals surface area (Å²) in [6, 6.07) is 13.7. The SMILES string of the molecule is O=C1C(Nc2cccc(F)c2)=C(c2ccc(Cl)cc2Cl)C(=O)N1Cc1cccnc1. The van der Waals surface area contributed by atoms with Gasteiger partial charge in [0.05, 0.1) is 17.1 Å². The standard InChI is InChI=1S/C22H14Cl2FN3O2/c23-14-6-7-17(18(24)9-14)19-20(27-16-5-1-4-15(25)10-16)22(30)28(21(19)29)12-13-3-2-8-26-11-13/h1-11,27H,12H2. The first kappa shape index (κ1) is 20.1. The van der Waals surface area contributed by atoms with Crippen molar-refractivity contribution >= 4 is 46.3 Å². The van der Waals surface area contributed by atoms with Gasteiger partial charge >= 0.3 is 0 Å². The topological polar surface area (TPSA) is 62.3 Å². The smallest absolute Gasteiger partial charge is 0.278 e. The molecule has 1 N–H and O–H groups in total. The molecule has 4 rings (SSSR count). The number of pyridine rings is 1. The number of halogens is 3. The van der Waals surface area contributed by atoms with Crippen LogP contribution < -0.4 is 5.32 Å². The molecule has 0 saturated carbocycles. The average Bonchev–Trinajstić information content (AvgIpc) is 2.93. The Morgan fingerprint density at radius 2 is 1.83 bits per heavy atom. The number of aromatic nitrogens is 1. The van der Waals surface area contributed by atoms with Gasteiger partial charge in [0, 0.05) is 28.7 Å². The third kappa shape index (κ3) is 3.92. The number of nitrogens with zero attached hydrogens (tertiary/aromatic N) is 2. The molecule has 2 heterocycles. The molecule has 2 amide bonds. The van der Waals surface area contributed by atoms with Crippen LogP contribution >= 0.6 is 23.2 Å². The van der Waals surface area contributed by atoms with E-state index >= 15 is 0 Å². The first-order chi connectivity index (χ1) is 14.4. The van der Waals surface area contributed by atoms with Crippen LogP contribution in [0.4, 0.5) is 10.1 Å². The predicted octanol–water partition coefficient (Wildman–Crippen LogP) is 4.92. The van der Waals surface area contributed by atoms with Gasteiger partial charge < -0.3 is 5.32 Å². The van der Waals surface area contributed by atoms with Gasteiger partial charge in [0.25, 0.3) is 11.8 Å². The molecule has 2 aromatic carbocycles. The van der Waals surface area contributed by atoms with Crippen LogP contribution in [0.2, 0.25) is 10.0 Å². The lowest BCUT2D eigenvalue weighted by molar-refractivity contribution is -0.137.